The maximum absolute atomic E-state index is 14.1. The van der Waals surface area contributed by atoms with Crippen LogP contribution in [-0.2, 0) is 34.0 Å². The van der Waals surface area contributed by atoms with Crippen molar-refractivity contribution in [1.82, 2.24) is 16.0 Å². The predicted octanol–water partition coefficient (Wildman–Crippen LogP) is 5.20. The molecule has 0 saturated heterocycles. The third-order valence-electron chi connectivity index (χ3n) is 8.28. The zero-order chi connectivity index (χ0) is 35.3. The van der Waals surface area contributed by atoms with Gasteiger partial charge >= 0.3 is 0 Å². The van der Waals surface area contributed by atoms with E-state index in [1.807, 2.05) is 38.1 Å². The highest BCUT2D eigenvalue weighted by molar-refractivity contribution is 7.92. The van der Waals surface area contributed by atoms with Crippen LogP contribution in [0.3, 0.4) is 0 Å². The summed E-state index contributed by atoms with van der Waals surface area (Å²) in [4.78, 5) is 27.2. The van der Waals surface area contributed by atoms with Gasteiger partial charge in [-0.2, -0.15) is 0 Å². The van der Waals surface area contributed by atoms with Crippen molar-refractivity contribution in [2.75, 3.05) is 12.3 Å². The first-order chi connectivity index (χ1) is 22.8. The van der Waals surface area contributed by atoms with Gasteiger partial charge in [-0.3, -0.25) is 9.59 Å². The van der Waals surface area contributed by atoms with Gasteiger partial charge in [0.1, 0.15) is 17.7 Å². The summed E-state index contributed by atoms with van der Waals surface area (Å²) in [6.07, 6.45) is 1.55. The van der Waals surface area contributed by atoms with E-state index in [0.29, 0.717) is 32.2 Å². The molecule has 3 aromatic rings. The van der Waals surface area contributed by atoms with E-state index in [-0.39, 0.29) is 24.1 Å². The number of halogens is 2. The first-order valence-electron chi connectivity index (χ1n) is 16.7. The van der Waals surface area contributed by atoms with Gasteiger partial charge in [-0.1, -0.05) is 75.6 Å². The molecule has 0 aromatic heterocycles. The Labute approximate surface area is 283 Å². The molecule has 48 heavy (non-hydrogen) atoms. The molecule has 0 unspecified atom stereocenters. The van der Waals surface area contributed by atoms with Crippen molar-refractivity contribution >= 4 is 21.7 Å². The average Bonchev–Trinajstić information content (AvgIpc) is 3.03. The molecule has 0 aliphatic heterocycles. The molecule has 0 saturated carbocycles. The Morgan fingerprint density at radius 3 is 2.10 bits per heavy atom. The van der Waals surface area contributed by atoms with Crippen LogP contribution >= 0.6 is 0 Å². The molecule has 8 nitrogen and oxygen atoms in total. The van der Waals surface area contributed by atoms with Crippen molar-refractivity contribution in [2.45, 2.75) is 96.2 Å². The van der Waals surface area contributed by atoms with Crippen molar-refractivity contribution < 1.29 is 31.9 Å². The highest BCUT2D eigenvalue weighted by Crippen LogP contribution is 2.18. The van der Waals surface area contributed by atoms with Crippen molar-refractivity contribution in [3.05, 3.63) is 106 Å². The molecule has 0 heterocycles. The van der Waals surface area contributed by atoms with E-state index in [9.17, 15) is 31.9 Å². The summed E-state index contributed by atoms with van der Waals surface area (Å²) in [5.74, 6) is -3.74. The van der Waals surface area contributed by atoms with Crippen LogP contribution in [0.4, 0.5) is 8.78 Å². The Hall–Kier alpha value is -3.67. The smallest absolute Gasteiger partial charge is 0.251 e. The van der Waals surface area contributed by atoms with Crippen LogP contribution < -0.4 is 16.0 Å². The Morgan fingerprint density at radius 2 is 1.48 bits per heavy atom. The molecule has 0 bridgehead atoms. The zero-order valence-electron chi connectivity index (χ0n) is 28.3. The van der Waals surface area contributed by atoms with Crippen LogP contribution in [0.15, 0.2) is 66.7 Å². The summed E-state index contributed by atoms with van der Waals surface area (Å²) in [6, 6.07) is 15.0. The lowest BCUT2D eigenvalue weighted by molar-refractivity contribution is -0.124. The number of nitrogens with one attached hydrogen (secondary N) is 3. The van der Waals surface area contributed by atoms with Crippen molar-refractivity contribution in [1.29, 1.82) is 0 Å². The molecule has 262 valence electrons. The third-order valence-corrected chi connectivity index (χ3v) is 10.6. The topological polar surface area (TPSA) is 125 Å². The Balaban J connectivity index is 1.89. The molecule has 3 atom stereocenters. The third kappa shape index (κ3) is 12.1. The van der Waals surface area contributed by atoms with Crippen molar-refractivity contribution in [3.63, 3.8) is 0 Å². The fourth-order valence-corrected chi connectivity index (χ4v) is 7.90. The van der Waals surface area contributed by atoms with Gasteiger partial charge in [0.15, 0.2) is 9.84 Å². The standard InChI is InChI=1S/C37H49F2N3O5S/c1-5-10-32(11-6-2)48(46,47)24-34(42-36(44)29-15-8-12-25(4)16-29)37(45)41-33(20-28-18-30(38)21-31(39)19-28)35(43)23-40-22-27-14-9-13-26(7-3)17-27/h8-9,12-19,21,32-35,40,43H,5-7,10-11,20,22-24H2,1-4H3,(H,41,45)(H,42,44)/t33-,34-,35+/m0/s1. The van der Waals surface area contributed by atoms with E-state index in [1.165, 1.54) is 0 Å². The van der Waals surface area contributed by atoms with Crippen molar-refractivity contribution in [2.24, 2.45) is 0 Å². The Kier molecular flexibility index (Phi) is 15.2. The second-order valence-electron chi connectivity index (χ2n) is 12.4. The number of rotatable bonds is 19. The number of aliphatic hydroxyl groups excluding tert-OH is 1. The summed E-state index contributed by atoms with van der Waals surface area (Å²) < 4.78 is 55.5. The fourth-order valence-electron chi connectivity index (χ4n) is 5.74. The second kappa shape index (κ2) is 18.8. The minimum Gasteiger partial charge on any atom is -0.390 e. The first-order valence-corrected chi connectivity index (χ1v) is 18.4. The largest absolute Gasteiger partial charge is 0.390 e. The minimum absolute atomic E-state index is 0.00673. The number of aliphatic hydroxyl groups is 1. The molecule has 0 aliphatic carbocycles. The molecule has 3 aromatic carbocycles. The number of amides is 2. The number of hydrogen-bond donors (Lipinski definition) is 4. The van der Waals surface area contributed by atoms with Crippen LogP contribution in [0.2, 0.25) is 0 Å². The summed E-state index contributed by atoms with van der Waals surface area (Å²) in [7, 11) is -3.85. The number of benzene rings is 3. The van der Waals surface area contributed by atoms with Gasteiger partial charge < -0.3 is 21.1 Å². The predicted molar refractivity (Wildman–Crippen MR) is 185 cm³/mol. The number of sulfone groups is 1. The molecule has 0 fully saturated rings. The summed E-state index contributed by atoms with van der Waals surface area (Å²) in [5, 5.41) is 19.1. The SMILES string of the molecule is CCCC(CCC)S(=O)(=O)C[C@H](NC(=O)c1cccc(C)c1)C(=O)N[C@@H](Cc1cc(F)cc(F)c1)[C@H](O)CNCc1cccc(CC)c1. The van der Waals surface area contributed by atoms with E-state index >= 15 is 0 Å². The van der Waals surface area contributed by atoms with Gasteiger partial charge in [0, 0.05) is 24.7 Å². The lowest BCUT2D eigenvalue weighted by atomic mass is 10.00. The summed E-state index contributed by atoms with van der Waals surface area (Å²) >= 11 is 0. The highest BCUT2D eigenvalue weighted by Gasteiger charge is 2.34. The Bertz CT molecular complexity index is 1590. The molecule has 0 spiro atoms. The van der Waals surface area contributed by atoms with Gasteiger partial charge in [-0.25, -0.2) is 17.2 Å². The summed E-state index contributed by atoms with van der Waals surface area (Å²) in [6.45, 7) is 8.06. The minimum atomic E-state index is -3.85. The molecule has 2 amide bonds. The van der Waals surface area contributed by atoms with E-state index < -0.39 is 62.5 Å². The lowest BCUT2D eigenvalue weighted by Crippen LogP contribution is -2.57. The van der Waals surface area contributed by atoms with Gasteiger partial charge in [0.05, 0.1) is 23.1 Å². The molecular weight excluding hydrogens is 636 g/mol. The highest BCUT2D eigenvalue weighted by atomic mass is 32.2. The molecule has 0 radical (unpaired) electrons. The molecule has 0 aliphatic rings. The van der Waals surface area contributed by atoms with Gasteiger partial charge in [-0.05, 0) is 73.6 Å². The van der Waals surface area contributed by atoms with Crippen LogP contribution in [0.25, 0.3) is 0 Å². The van der Waals surface area contributed by atoms with E-state index in [4.69, 9.17) is 0 Å². The molecule has 11 heteroatoms. The number of hydrogen-bond acceptors (Lipinski definition) is 6. The maximum atomic E-state index is 14.1. The molecule has 3 rings (SSSR count). The normalized spacial score (nSPS) is 13.6. The number of carbonyl (C=O) groups is 2. The van der Waals surface area contributed by atoms with Gasteiger partial charge in [0.25, 0.3) is 5.91 Å². The van der Waals surface area contributed by atoms with Crippen molar-refractivity contribution in [3.8, 4) is 0 Å². The van der Waals surface area contributed by atoms with Gasteiger partial charge in [0.2, 0.25) is 5.91 Å². The van der Waals surface area contributed by atoms with Crippen LogP contribution in [0.1, 0.15) is 79.1 Å². The monoisotopic (exact) mass is 685 g/mol. The van der Waals surface area contributed by atoms with Gasteiger partial charge in [-0.15, -0.1) is 0 Å². The quantitative estimate of drug-likeness (QED) is 0.138. The number of aryl methyl sites for hydroxylation is 2. The number of carbonyl (C=O) groups excluding carboxylic acids is 2. The Morgan fingerprint density at radius 1 is 0.833 bits per heavy atom. The van der Waals surface area contributed by atoms with E-state index in [2.05, 4.69) is 22.9 Å². The second-order valence-corrected chi connectivity index (χ2v) is 14.7. The molecule has 4 N–H and O–H groups in total. The van der Waals surface area contributed by atoms with Crippen LogP contribution in [-0.4, -0.2) is 61.1 Å². The van der Waals surface area contributed by atoms with Crippen LogP contribution in [0, 0.1) is 18.6 Å². The summed E-state index contributed by atoms with van der Waals surface area (Å²) in [5.41, 5.74) is 3.40. The first kappa shape index (κ1) is 38.8. The van der Waals surface area contributed by atoms with Crippen LogP contribution in [0.5, 0.6) is 0 Å². The molecular formula is C37H49F2N3O5S. The zero-order valence-corrected chi connectivity index (χ0v) is 29.1. The van der Waals surface area contributed by atoms with E-state index in [1.54, 1.807) is 31.2 Å². The average molecular weight is 686 g/mol. The van der Waals surface area contributed by atoms with E-state index in [0.717, 1.165) is 41.3 Å². The fraction of sp³-hybridized carbons (Fsp3) is 0.459. The maximum Gasteiger partial charge on any atom is 0.251 e. The lowest BCUT2D eigenvalue weighted by Gasteiger charge is -2.28.